The highest BCUT2D eigenvalue weighted by molar-refractivity contribution is 5.05. The molecular formula is C12H22. The predicted molar refractivity (Wildman–Crippen MR) is 57.2 cm³/mol. The molecule has 0 aliphatic rings. The third-order valence-electron chi connectivity index (χ3n) is 2.53. The first-order valence-electron chi connectivity index (χ1n) is 4.87. The standard InChI is InChI=1S/C12H22/c1-6-7-8-9-11(4)12(5)10(2)3/h6-7,9-10,12H,8H2,1-5H3/b7-6-,11-9-. The summed E-state index contributed by atoms with van der Waals surface area (Å²) in [4.78, 5) is 0. The highest BCUT2D eigenvalue weighted by atomic mass is 14.1. The van der Waals surface area contributed by atoms with Crippen LogP contribution in [0.15, 0.2) is 23.8 Å². The van der Waals surface area contributed by atoms with Gasteiger partial charge in [0.2, 0.25) is 0 Å². The molecule has 70 valence electrons. The van der Waals surface area contributed by atoms with Crippen LogP contribution in [0.2, 0.25) is 0 Å². The number of allylic oxidation sites excluding steroid dienone is 4. The van der Waals surface area contributed by atoms with Crippen molar-refractivity contribution in [2.24, 2.45) is 11.8 Å². The lowest BCUT2D eigenvalue weighted by molar-refractivity contribution is 0.479. The lowest BCUT2D eigenvalue weighted by Crippen LogP contribution is -2.04. The van der Waals surface area contributed by atoms with Gasteiger partial charge in [-0.2, -0.15) is 0 Å². The third kappa shape index (κ3) is 4.38. The Hall–Kier alpha value is -0.520. The zero-order chi connectivity index (χ0) is 9.56. The lowest BCUT2D eigenvalue weighted by Gasteiger charge is -2.15. The van der Waals surface area contributed by atoms with Gasteiger partial charge >= 0.3 is 0 Å². The fourth-order valence-electron chi connectivity index (χ4n) is 1.10. The monoisotopic (exact) mass is 166 g/mol. The van der Waals surface area contributed by atoms with Crippen LogP contribution in [0.1, 0.15) is 41.0 Å². The first kappa shape index (κ1) is 11.5. The molecule has 0 rings (SSSR count). The molecule has 0 spiro atoms. The Bertz CT molecular complexity index is 161. The van der Waals surface area contributed by atoms with Gasteiger partial charge in [-0.25, -0.2) is 0 Å². The largest absolute Gasteiger partial charge is 0.0914 e. The van der Waals surface area contributed by atoms with Crippen molar-refractivity contribution in [2.45, 2.75) is 41.0 Å². The molecule has 0 saturated heterocycles. The van der Waals surface area contributed by atoms with Crippen molar-refractivity contribution in [1.29, 1.82) is 0 Å². The van der Waals surface area contributed by atoms with E-state index < -0.39 is 0 Å². The minimum atomic E-state index is 0.718. The molecule has 0 nitrogen and oxygen atoms in total. The molecule has 0 N–H and O–H groups in total. The van der Waals surface area contributed by atoms with Gasteiger partial charge in [0.25, 0.3) is 0 Å². The summed E-state index contributed by atoms with van der Waals surface area (Å²) in [6.45, 7) is 11.1. The fraction of sp³-hybridized carbons (Fsp3) is 0.667. The Kier molecular flexibility index (Phi) is 5.79. The van der Waals surface area contributed by atoms with Gasteiger partial charge in [-0.3, -0.25) is 0 Å². The summed E-state index contributed by atoms with van der Waals surface area (Å²) < 4.78 is 0. The second-order valence-electron chi connectivity index (χ2n) is 3.79. The van der Waals surface area contributed by atoms with Crippen LogP contribution >= 0.6 is 0 Å². The minimum Gasteiger partial charge on any atom is -0.0914 e. The highest BCUT2D eigenvalue weighted by Crippen LogP contribution is 2.19. The van der Waals surface area contributed by atoms with Gasteiger partial charge in [-0.1, -0.05) is 44.6 Å². The van der Waals surface area contributed by atoms with Crippen molar-refractivity contribution in [3.63, 3.8) is 0 Å². The van der Waals surface area contributed by atoms with E-state index in [1.165, 1.54) is 5.57 Å². The lowest BCUT2D eigenvalue weighted by atomic mass is 9.90. The maximum atomic E-state index is 2.32. The molecule has 12 heavy (non-hydrogen) atoms. The molecule has 0 bridgehead atoms. The van der Waals surface area contributed by atoms with Gasteiger partial charge in [0.05, 0.1) is 0 Å². The summed E-state index contributed by atoms with van der Waals surface area (Å²) in [5.41, 5.74) is 1.52. The van der Waals surface area contributed by atoms with E-state index in [0.29, 0.717) is 0 Å². The minimum absolute atomic E-state index is 0.718. The quantitative estimate of drug-likeness (QED) is 0.549. The third-order valence-corrected chi connectivity index (χ3v) is 2.53. The van der Waals surface area contributed by atoms with Crippen LogP contribution in [-0.4, -0.2) is 0 Å². The zero-order valence-electron chi connectivity index (χ0n) is 9.09. The Labute approximate surface area is 77.4 Å². The van der Waals surface area contributed by atoms with Crippen LogP contribution in [0.3, 0.4) is 0 Å². The van der Waals surface area contributed by atoms with Gasteiger partial charge < -0.3 is 0 Å². The molecule has 0 aromatic heterocycles. The zero-order valence-corrected chi connectivity index (χ0v) is 9.09. The number of rotatable bonds is 4. The van der Waals surface area contributed by atoms with E-state index >= 15 is 0 Å². The highest BCUT2D eigenvalue weighted by Gasteiger charge is 2.07. The Morgan fingerprint density at radius 2 is 1.83 bits per heavy atom. The molecule has 0 radical (unpaired) electrons. The second-order valence-corrected chi connectivity index (χ2v) is 3.79. The van der Waals surface area contributed by atoms with Gasteiger partial charge in [-0.05, 0) is 32.1 Å². The summed E-state index contributed by atoms with van der Waals surface area (Å²) in [5, 5.41) is 0. The smallest absolute Gasteiger partial charge is 0.0167 e. The topological polar surface area (TPSA) is 0 Å². The van der Waals surface area contributed by atoms with E-state index in [1.807, 2.05) is 0 Å². The Balaban J connectivity index is 3.99. The molecule has 0 aliphatic heterocycles. The first-order chi connectivity index (χ1) is 5.59. The van der Waals surface area contributed by atoms with E-state index in [1.54, 1.807) is 0 Å². The van der Waals surface area contributed by atoms with Crippen LogP contribution < -0.4 is 0 Å². The van der Waals surface area contributed by atoms with Gasteiger partial charge in [0.1, 0.15) is 0 Å². The van der Waals surface area contributed by atoms with Crippen molar-refractivity contribution in [1.82, 2.24) is 0 Å². The maximum Gasteiger partial charge on any atom is -0.0167 e. The van der Waals surface area contributed by atoms with E-state index in [2.05, 4.69) is 52.8 Å². The molecule has 0 heterocycles. The average Bonchev–Trinajstić information content (AvgIpc) is 2.03. The number of hydrogen-bond acceptors (Lipinski definition) is 0. The molecular weight excluding hydrogens is 144 g/mol. The van der Waals surface area contributed by atoms with Crippen LogP contribution in [0.4, 0.5) is 0 Å². The van der Waals surface area contributed by atoms with Crippen molar-refractivity contribution < 1.29 is 0 Å². The van der Waals surface area contributed by atoms with Crippen LogP contribution in [0.25, 0.3) is 0 Å². The maximum absolute atomic E-state index is 2.32. The molecule has 0 aromatic rings. The Morgan fingerprint density at radius 3 is 2.25 bits per heavy atom. The van der Waals surface area contributed by atoms with E-state index in [0.717, 1.165) is 18.3 Å². The fourth-order valence-corrected chi connectivity index (χ4v) is 1.10. The van der Waals surface area contributed by atoms with Crippen molar-refractivity contribution in [3.8, 4) is 0 Å². The molecule has 0 aliphatic carbocycles. The van der Waals surface area contributed by atoms with Gasteiger partial charge in [0.15, 0.2) is 0 Å². The van der Waals surface area contributed by atoms with Crippen LogP contribution in [0, 0.1) is 11.8 Å². The van der Waals surface area contributed by atoms with Crippen molar-refractivity contribution in [3.05, 3.63) is 23.8 Å². The molecule has 0 heteroatoms. The van der Waals surface area contributed by atoms with E-state index in [-0.39, 0.29) is 0 Å². The predicted octanol–water partition coefficient (Wildman–Crippen LogP) is 4.19. The van der Waals surface area contributed by atoms with Gasteiger partial charge in [-0.15, -0.1) is 0 Å². The van der Waals surface area contributed by atoms with Crippen molar-refractivity contribution in [2.75, 3.05) is 0 Å². The van der Waals surface area contributed by atoms with Crippen LogP contribution in [0.5, 0.6) is 0 Å². The summed E-state index contributed by atoms with van der Waals surface area (Å²) in [7, 11) is 0. The average molecular weight is 166 g/mol. The summed E-state index contributed by atoms with van der Waals surface area (Å²) in [6.07, 6.45) is 7.70. The van der Waals surface area contributed by atoms with E-state index in [9.17, 15) is 0 Å². The van der Waals surface area contributed by atoms with Crippen LogP contribution in [-0.2, 0) is 0 Å². The molecule has 0 aromatic carbocycles. The summed E-state index contributed by atoms with van der Waals surface area (Å²) in [5.74, 6) is 1.47. The molecule has 0 fully saturated rings. The molecule has 1 unspecified atom stereocenters. The summed E-state index contributed by atoms with van der Waals surface area (Å²) in [6, 6.07) is 0. The molecule has 0 saturated carbocycles. The Morgan fingerprint density at radius 1 is 1.25 bits per heavy atom. The second kappa shape index (κ2) is 6.05. The molecule has 0 amide bonds. The SMILES string of the molecule is C/C=C\C/C=C(/C)C(C)C(C)C. The van der Waals surface area contributed by atoms with E-state index in [4.69, 9.17) is 0 Å². The van der Waals surface area contributed by atoms with Crippen molar-refractivity contribution >= 4 is 0 Å². The normalized spacial score (nSPS) is 16.0. The van der Waals surface area contributed by atoms with Gasteiger partial charge in [0, 0.05) is 0 Å². The summed E-state index contributed by atoms with van der Waals surface area (Å²) >= 11 is 0. The number of hydrogen-bond donors (Lipinski definition) is 0. The molecule has 1 atom stereocenters. The first-order valence-corrected chi connectivity index (χ1v) is 4.87.